The molecule has 0 aliphatic heterocycles. The topological polar surface area (TPSA) is 49.9 Å². The zero-order valence-corrected chi connectivity index (χ0v) is 13.0. The molecule has 0 aliphatic rings. The van der Waals surface area contributed by atoms with Crippen molar-refractivity contribution in [3.8, 4) is 5.75 Å². The van der Waals surface area contributed by atoms with Gasteiger partial charge in [0.1, 0.15) is 11.6 Å². The van der Waals surface area contributed by atoms with Crippen molar-refractivity contribution < 1.29 is 4.74 Å². The van der Waals surface area contributed by atoms with E-state index in [1.165, 1.54) is 5.56 Å². The van der Waals surface area contributed by atoms with Crippen LogP contribution in [0.15, 0.2) is 48.5 Å². The summed E-state index contributed by atoms with van der Waals surface area (Å²) >= 11 is 0. The lowest BCUT2D eigenvalue weighted by atomic mass is 10.1. The van der Waals surface area contributed by atoms with Crippen LogP contribution in [-0.2, 0) is 6.54 Å². The summed E-state index contributed by atoms with van der Waals surface area (Å²) in [5.41, 5.74) is 3.30. The number of rotatable bonds is 6. The molecule has 22 heavy (non-hydrogen) atoms. The molecule has 4 heteroatoms. The molecule has 1 atom stereocenters. The third kappa shape index (κ3) is 3.12. The fourth-order valence-electron chi connectivity index (χ4n) is 2.60. The van der Waals surface area contributed by atoms with Crippen molar-refractivity contribution in [2.24, 2.45) is 0 Å². The van der Waals surface area contributed by atoms with Crippen LogP contribution in [0, 0.1) is 0 Å². The number of H-pyrrole nitrogens is 1. The monoisotopic (exact) mass is 295 g/mol. The lowest BCUT2D eigenvalue weighted by Crippen LogP contribution is -2.21. The van der Waals surface area contributed by atoms with Crippen LogP contribution in [0.5, 0.6) is 5.75 Å². The number of hydrogen-bond donors (Lipinski definition) is 2. The predicted molar refractivity (Wildman–Crippen MR) is 89.0 cm³/mol. The number of benzene rings is 2. The average Bonchev–Trinajstić information content (AvgIpc) is 2.99. The summed E-state index contributed by atoms with van der Waals surface area (Å²) < 4.78 is 5.27. The highest BCUT2D eigenvalue weighted by atomic mass is 16.5. The van der Waals surface area contributed by atoms with Gasteiger partial charge in [0.25, 0.3) is 0 Å². The minimum atomic E-state index is 0.207. The van der Waals surface area contributed by atoms with Crippen LogP contribution in [0.4, 0.5) is 0 Å². The second-order valence-electron chi connectivity index (χ2n) is 5.33. The van der Waals surface area contributed by atoms with Gasteiger partial charge in [0.2, 0.25) is 0 Å². The maximum absolute atomic E-state index is 5.27. The van der Waals surface area contributed by atoms with Gasteiger partial charge in [0.15, 0.2) is 0 Å². The van der Waals surface area contributed by atoms with Gasteiger partial charge in [-0.1, -0.05) is 31.2 Å². The van der Waals surface area contributed by atoms with E-state index >= 15 is 0 Å². The van der Waals surface area contributed by atoms with E-state index in [1.54, 1.807) is 7.11 Å². The maximum Gasteiger partial charge on any atom is 0.124 e. The number of aromatic nitrogens is 2. The molecule has 2 aromatic carbocycles. The third-order valence-electron chi connectivity index (χ3n) is 3.83. The Hall–Kier alpha value is -2.33. The molecule has 0 fully saturated rings. The molecular weight excluding hydrogens is 274 g/mol. The molecule has 0 saturated carbocycles. The summed E-state index contributed by atoms with van der Waals surface area (Å²) in [7, 11) is 1.69. The predicted octanol–water partition coefficient (Wildman–Crippen LogP) is 3.81. The molecule has 0 spiro atoms. The van der Waals surface area contributed by atoms with Crippen molar-refractivity contribution in [1.82, 2.24) is 15.3 Å². The molecule has 3 aromatic rings. The zero-order valence-electron chi connectivity index (χ0n) is 13.0. The molecule has 114 valence electrons. The summed E-state index contributed by atoms with van der Waals surface area (Å²) in [6.45, 7) is 2.95. The smallest absolute Gasteiger partial charge is 0.124 e. The number of hydrogen-bond acceptors (Lipinski definition) is 3. The minimum absolute atomic E-state index is 0.207. The number of fused-ring (bicyclic) bond motifs is 1. The average molecular weight is 295 g/mol. The number of para-hydroxylation sites is 2. The fraction of sp³-hybridized carbons (Fsp3) is 0.278. The van der Waals surface area contributed by atoms with Gasteiger partial charge in [-0.15, -0.1) is 0 Å². The van der Waals surface area contributed by atoms with E-state index in [9.17, 15) is 0 Å². The lowest BCUT2D eigenvalue weighted by Gasteiger charge is -2.15. The zero-order chi connectivity index (χ0) is 15.4. The van der Waals surface area contributed by atoms with Crippen LogP contribution >= 0.6 is 0 Å². The van der Waals surface area contributed by atoms with E-state index in [1.807, 2.05) is 30.3 Å². The number of nitrogens with one attached hydrogen (secondary N) is 2. The van der Waals surface area contributed by atoms with E-state index in [0.29, 0.717) is 0 Å². The third-order valence-corrected chi connectivity index (χ3v) is 3.83. The number of aromatic amines is 1. The highest BCUT2D eigenvalue weighted by Crippen LogP contribution is 2.19. The Kier molecular flexibility index (Phi) is 4.39. The second-order valence-corrected chi connectivity index (χ2v) is 5.33. The normalized spacial score (nSPS) is 12.5. The van der Waals surface area contributed by atoms with Crippen molar-refractivity contribution in [2.75, 3.05) is 7.11 Å². The summed E-state index contributed by atoms with van der Waals surface area (Å²) in [6, 6.07) is 16.5. The Morgan fingerprint density at radius 2 is 2.05 bits per heavy atom. The quantitative estimate of drug-likeness (QED) is 0.727. The lowest BCUT2D eigenvalue weighted by molar-refractivity contribution is 0.413. The highest BCUT2D eigenvalue weighted by molar-refractivity contribution is 5.74. The Balaban J connectivity index is 1.73. The van der Waals surface area contributed by atoms with Crippen LogP contribution in [0.1, 0.15) is 30.8 Å². The number of ether oxygens (including phenoxy) is 1. The van der Waals surface area contributed by atoms with Crippen LogP contribution in [0.25, 0.3) is 11.0 Å². The van der Waals surface area contributed by atoms with Gasteiger partial charge in [0.05, 0.1) is 24.2 Å². The first-order valence-electron chi connectivity index (χ1n) is 7.61. The van der Waals surface area contributed by atoms with Crippen LogP contribution in [0.2, 0.25) is 0 Å². The summed E-state index contributed by atoms with van der Waals surface area (Å²) in [6.07, 6.45) is 0.976. The number of nitrogens with zero attached hydrogens (tertiary/aromatic N) is 1. The van der Waals surface area contributed by atoms with E-state index in [2.05, 4.69) is 40.4 Å². The van der Waals surface area contributed by atoms with E-state index < -0.39 is 0 Å². The van der Waals surface area contributed by atoms with Crippen molar-refractivity contribution in [3.63, 3.8) is 0 Å². The van der Waals surface area contributed by atoms with Gasteiger partial charge < -0.3 is 15.0 Å². The van der Waals surface area contributed by atoms with Crippen LogP contribution < -0.4 is 10.1 Å². The van der Waals surface area contributed by atoms with Crippen molar-refractivity contribution >= 4 is 11.0 Å². The Morgan fingerprint density at radius 3 is 2.82 bits per heavy atom. The molecule has 0 unspecified atom stereocenters. The molecule has 0 radical (unpaired) electrons. The number of imidazole rings is 1. The van der Waals surface area contributed by atoms with Gasteiger partial charge >= 0.3 is 0 Å². The first-order chi connectivity index (χ1) is 10.8. The van der Waals surface area contributed by atoms with Crippen molar-refractivity contribution in [1.29, 1.82) is 0 Å². The van der Waals surface area contributed by atoms with E-state index in [4.69, 9.17) is 4.74 Å². The van der Waals surface area contributed by atoms with Crippen LogP contribution in [-0.4, -0.2) is 17.1 Å². The van der Waals surface area contributed by atoms with Gasteiger partial charge in [-0.05, 0) is 36.2 Å². The molecular formula is C18H21N3O. The van der Waals surface area contributed by atoms with Crippen molar-refractivity contribution in [3.05, 3.63) is 59.9 Å². The molecule has 4 nitrogen and oxygen atoms in total. The Labute approximate surface area is 130 Å². The highest BCUT2D eigenvalue weighted by Gasteiger charge is 2.13. The standard InChI is InChI=1S/C18H21N3O/c1-3-15(18-20-16-9-4-5-10-17(16)21-18)19-12-13-7-6-8-14(11-13)22-2/h4-11,15,19H,3,12H2,1-2H3,(H,20,21)/t15-/m0/s1. The molecule has 0 aliphatic carbocycles. The first kappa shape index (κ1) is 14.6. The molecule has 0 saturated heterocycles. The largest absolute Gasteiger partial charge is 0.497 e. The second kappa shape index (κ2) is 6.62. The summed E-state index contributed by atoms with van der Waals surface area (Å²) in [5, 5.41) is 3.56. The number of methoxy groups -OCH3 is 1. The summed E-state index contributed by atoms with van der Waals surface area (Å²) in [5.74, 6) is 1.88. The van der Waals surface area contributed by atoms with Crippen molar-refractivity contribution in [2.45, 2.75) is 25.9 Å². The Bertz CT molecular complexity index is 718. The Morgan fingerprint density at radius 1 is 1.18 bits per heavy atom. The fourth-order valence-corrected chi connectivity index (χ4v) is 2.60. The molecule has 2 N–H and O–H groups in total. The maximum atomic E-state index is 5.27. The van der Waals surface area contributed by atoms with Gasteiger partial charge in [0, 0.05) is 6.54 Å². The first-order valence-corrected chi connectivity index (χ1v) is 7.61. The SMILES string of the molecule is CC[C@H](NCc1cccc(OC)c1)c1nc2ccccc2[nH]1. The van der Waals surface area contributed by atoms with Gasteiger partial charge in [-0.3, -0.25) is 0 Å². The molecule has 0 amide bonds. The van der Waals surface area contributed by atoms with E-state index in [-0.39, 0.29) is 6.04 Å². The molecule has 1 aromatic heterocycles. The van der Waals surface area contributed by atoms with E-state index in [0.717, 1.165) is 35.6 Å². The van der Waals surface area contributed by atoms with Gasteiger partial charge in [-0.25, -0.2) is 4.98 Å². The molecule has 1 heterocycles. The summed E-state index contributed by atoms with van der Waals surface area (Å²) in [4.78, 5) is 8.09. The molecule has 0 bridgehead atoms. The van der Waals surface area contributed by atoms with Crippen LogP contribution in [0.3, 0.4) is 0 Å². The van der Waals surface area contributed by atoms with Gasteiger partial charge in [-0.2, -0.15) is 0 Å². The molecule has 3 rings (SSSR count). The minimum Gasteiger partial charge on any atom is -0.497 e.